The number of hydrogen-bond donors (Lipinski definition) is 0. The summed E-state index contributed by atoms with van der Waals surface area (Å²) in [4.78, 5) is 38.5. The number of unbranched alkanes of at least 4 members (excludes halogenated alkanes) is 54. The molecular weight excluding hydrogens is 997 g/mol. The molecule has 0 aromatic rings. The first-order chi connectivity index (χ1) is 40.0. The maximum Gasteiger partial charge on any atom is 0.306 e. The lowest BCUT2D eigenvalue weighted by molar-refractivity contribution is -0.167. The molecule has 0 saturated heterocycles. The third-order valence-electron chi connectivity index (χ3n) is 16.9. The van der Waals surface area contributed by atoms with Crippen LogP contribution in [0.2, 0.25) is 0 Å². The fourth-order valence-electron chi connectivity index (χ4n) is 11.4. The van der Waals surface area contributed by atoms with Gasteiger partial charge in [-0.2, -0.15) is 0 Å². The number of carbonyl (C=O) groups is 3. The summed E-state index contributed by atoms with van der Waals surface area (Å²) in [6.07, 6.45) is 86.4. The maximum absolute atomic E-state index is 13.0. The van der Waals surface area contributed by atoms with Crippen LogP contribution < -0.4 is 0 Å². The van der Waals surface area contributed by atoms with Crippen molar-refractivity contribution in [1.82, 2.24) is 0 Å². The lowest BCUT2D eigenvalue weighted by atomic mass is 10.0. The van der Waals surface area contributed by atoms with Crippen molar-refractivity contribution in [3.63, 3.8) is 0 Å². The van der Waals surface area contributed by atoms with Crippen LogP contribution in [0.1, 0.15) is 419 Å². The van der Waals surface area contributed by atoms with Crippen LogP contribution in [-0.2, 0) is 28.6 Å². The molecule has 6 heteroatoms. The number of ether oxygens (including phenoxy) is 3. The molecule has 0 heterocycles. The van der Waals surface area contributed by atoms with E-state index in [0.717, 1.165) is 64.2 Å². The summed E-state index contributed by atoms with van der Waals surface area (Å²) in [5, 5.41) is 0. The Morgan fingerprint density at radius 2 is 0.407 bits per heavy atom. The highest BCUT2D eigenvalue weighted by molar-refractivity contribution is 5.71. The molecule has 478 valence electrons. The predicted molar refractivity (Wildman–Crippen MR) is 353 cm³/mol. The van der Waals surface area contributed by atoms with E-state index in [1.54, 1.807) is 0 Å². The molecule has 0 aliphatic rings. The molecule has 0 radical (unpaired) electrons. The molecule has 0 fully saturated rings. The van der Waals surface area contributed by atoms with E-state index in [9.17, 15) is 14.4 Å². The van der Waals surface area contributed by atoms with Crippen molar-refractivity contribution in [2.45, 2.75) is 425 Å². The van der Waals surface area contributed by atoms with Gasteiger partial charge in [-0.25, -0.2) is 0 Å². The quantitative estimate of drug-likeness (QED) is 0.0261. The van der Waals surface area contributed by atoms with Crippen molar-refractivity contribution in [2.75, 3.05) is 13.2 Å². The minimum atomic E-state index is -0.773. The van der Waals surface area contributed by atoms with E-state index >= 15 is 0 Å². The van der Waals surface area contributed by atoms with Gasteiger partial charge in [0.15, 0.2) is 6.10 Å². The van der Waals surface area contributed by atoms with Gasteiger partial charge in [0, 0.05) is 19.3 Å². The third kappa shape index (κ3) is 68.6. The topological polar surface area (TPSA) is 78.9 Å². The van der Waals surface area contributed by atoms with Gasteiger partial charge in [-0.1, -0.05) is 353 Å². The Balaban J connectivity index is 4.26. The zero-order chi connectivity index (χ0) is 58.5. The van der Waals surface area contributed by atoms with Crippen molar-refractivity contribution in [1.29, 1.82) is 0 Å². The van der Waals surface area contributed by atoms with Gasteiger partial charge in [-0.3, -0.25) is 14.4 Å². The summed E-state index contributed by atoms with van der Waals surface area (Å²) in [5.74, 6) is -0.842. The SMILES string of the molecule is CCCCCCCCC/C=C\CCCCCCCC(=O)OCC(COC(=O)CCCCCCCCCCCCCCC/C=C\CCCCCCCCCC)OC(=O)CCCCCCCCCCCCCCCCCCCCCCCC. The van der Waals surface area contributed by atoms with Crippen LogP contribution >= 0.6 is 0 Å². The highest BCUT2D eigenvalue weighted by Crippen LogP contribution is 2.19. The van der Waals surface area contributed by atoms with Crippen molar-refractivity contribution in [2.24, 2.45) is 0 Å². The highest BCUT2D eigenvalue weighted by Gasteiger charge is 2.19. The second-order valence-electron chi connectivity index (χ2n) is 25.2. The molecule has 0 aliphatic carbocycles. The minimum absolute atomic E-state index is 0.0680. The first kappa shape index (κ1) is 78.9. The molecule has 0 saturated carbocycles. The van der Waals surface area contributed by atoms with Crippen molar-refractivity contribution < 1.29 is 28.6 Å². The molecule has 6 nitrogen and oxygen atoms in total. The average molecular weight is 1140 g/mol. The van der Waals surface area contributed by atoms with Crippen molar-refractivity contribution in [3.8, 4) is 0 Å². The lowest BCUT2D eigenvalue weighted by Gasteiger charge is -2.18. The molecular formula is C75H142O6. The van der Waals surface area contributed by atoms with Crippen LogP contribution in [0.25, 0.3) is 0 Å². The van der Waals surface area contributed by atoms with Gasteiger partial charge in [0.2, 0.25) is 0 Å². The lowest BCUT2D eigenvalue weighted by Crippen LogP contribution is -2.30. The Labute approximate surface area is 506 Å². The van der Waals surface area contributed by atoms with Crippen LogP contribution in [0.5, 0.6) is 0 Å². The maximum atomic E-state index is 13.0. The van der Waals surface area contributed by atoms with Crippen LogP contribution in [0, 0.1) is 0 Å². The van der Waals surface area contributed by atoms with Gasteiger partial charge in [-0.05, 0) is 70.6 Å². The Morgan fingerprint density at radius 3 is 0.617 bits per heavy atom. The molecule has 1 unspecified atom stereocenters. The van der Waals surface area contributed by atoms with Gasteiger partial charge >= 0.3 is 17.9 Å². The smallest absolute Gasteiger partial charge is 0.306 e. The van der Waals surface area contributed by atoms with E-state index in [-0.39, 0.29) is 31.1 Å². The predicted octanol–water partition coefficient (Wildman–Crippen LogP) is 25.3. The second kappa shape index (κ2) is 70.4. The fourth-order valence-corrected chi connectivity index (χ4v) is 11.4. The second-order valence-corrected chi connectivity index (χ2v) is 25.2. The van der Waals surface area contributed by atoms with E-state index in [1.165, 1.54) is 315 Å². The summed E-state index contributed by atoms with van der Waals surface area (Å²) >= 11 is 0. The number of esters is 3. The molecule has 0 spiro atoms. The van der Waals surface area contributed by atoms with Gasteiger partial charge in [0.05, 0.1) is 0 Å². The van der Waals surface area contributed by atoms with Crippen LogP contribution in [-0.4, -0.2) is 37.2 Å². The summed E-state index contributed by atoms with van der Waals surface area (Å²) in [7, 11) is 0. The zero-order valence-electron chi connectivity index (χ0n) is 55.1. The highest BCUT2D eigenvalue weighted by atomic mass is 16.6. The van der Waals surface area contributed by atoms with Gasteiger partial charge < -0.3 is 14.2 Å². The summed E-state index contributed by atoms with van der Waals surface area (Å²) < 4.78 is 17.0. The van der Waals surface area contributed by atoms with Crippen molar-refractivity contribution in [3.05, 3.63) is 24.3 Å². The normalized spacial score (nSPS) is 12.1. The Morgan fingerprint density at radius 1 is 0.235 bits per heavy atom. The van der Waals surface area contributed by atoms with Crippen LogP contribution in [0.3, 0.4) is 0 Å². The van der Waals surface area contributed by atoms with Crippen LogP contribution in [0.4, 0.5) is 0 Å². The van der Waals surface area contributed by atoms with Gasteiger partial charge in [-0.15, -0.1) is 0 Å². The molecule has 1 atom stereocenters. The average Bonchev–Trinajstić information content (AvgIpc) is 3.47. The molecule has 0 aliphatic heterocycles. The Bertz CT molecular complexity index is 1310. The van der Waals surface area contributed by atoms with E-state index < -0.39 is 6.10 Å². The molecule has 0 rings (SSSR count). The Hall–Kier alpha value is -2.11. The standard InChI is InChI=1S/C75H142O6/c1-4-7-10-13-16-19-22-25-28-31-33-35-37-38-39-41-42-44-47-50-53-56-59-62-65-68-74(77)80-71-72(70-79-73(76)67-64-61-58-55-52-49-46-30-27-24-21-18-15-12-9-6-3)81-75(78)69-66-63-60-57-54-51-48-45-43-40-36-34-32-29-26-23-20-17-14-11-8-5-2/h30-31,33,46,72H,4-29,32,34-45,47-71H2,1-3H3/b33-31-,46-30-. The largest absolute Gasteiger partial charge is 0.462 e. The van der Waals surface area contributed by atoms with Gasteiger partial charge in [0.1, 0.15) is 13.2 Å². The fraction of sp³-hybridized carbons (Fsp3) is 0.907. The zero-order valence-corrected chi connectivity index (χ0v) is 55.1. The number of allylic oxidation sites excluding steroid dienone is 4. The van der Waals surface area contributed by atoms with Crippen LogP contribution in [0.15, 0.2) is 24.3 Å². The monoisotopic (exact) mass is 1140 g/mol. The van der Waals surface area contributed by atoms with Crippen molar-refractivity contribution >= 4 is 17.9 Å². The number of hydrogen-bond acceptors (Lipinski definition) is 6. The molecule has 0 bridgehead atoms. The molecule has 0 aromatic heterocycles. The van der Waals surface area contributed by atoms with E-state index in [1.807, 2.05) is 0 Å². The molecule has 81 heavy (non-hydrogen) atoms. The summed E-state index contributed by atoms with van der Waals surface area (Å²) in [6, 6.07) is 0. The van der Waals surface area contributed by atoms with E-state index in [0.29, 0.717) is 19.3 Å². The Kier molecular flexibility index (Phi) is 68.5. The van der Waals surface area contributed by atoms with Gasteiger partial charge in [0.25, 0.3) is 0 Å². The third-order valence-corrected chi connectivity index (χ3v) is 16.9. The molecule has 0 N–H and O–H groups in total. The first-order valence-electron chi connectivity index (χ1n) is 36.8. The molecule has 0 aromatic carbocycles. The minimum Gasteiger partial charge on any atom is -0.462 e. The number of carbonyl (C=O) groups excluding carboxylic acids is 3. The first-order valence-corrected chi connectivity index (χ1v) is 36.8. The van der Waals surface area contributed by atoms with E-state index in [4.69, 9.17) is 14.2 Å². The number of rotatable bonds is 69. The van der Waals surface area contributed by atoms with E-state index in [2.05, 4.69) is 45.1 Å². The molecule has 0 amide bonds. The summed E-state index contributed by atoms with van der Waals surface area (Å²) in [6.45, 7) is 6.72. The summed E-state index contributed by atoms with van der Waals surface area (Å²) in [5.41, 5.74) is 0.